The zero-order valence-corrected chi connectivity index (χ0v) is 15.4. The third-order valence-corrected chi connectivity index (χ3v) is 4.79. The van der Waals surface area contributed by atoms with Crippen molar-refractivity contribution in [3.63, 3.8) is 0 Å². The van der Waals surface area contributed by atoms with Crippen LogP contribution in [0.1, 0.15) is 58.8 Å². The average Bonchev–Trinajstić information content (AvgIpc) is 2.54. The van der Waals surface area contributed by atoms with Gasteiger partial charge in [0, 0.05) is 12.1 Å². The van der Waals surface area contributed by atoms with E-state index in [2.05, 4.69) is 6.92 Å². The normalized spacial score (nSPS) is 20.3. The number of hydrogen-bond donors (Lipinski definition) is 0. The summed E-state index contributed by atoms with van der Waals surface area (Å²) in [5, 5.41) is 0. The molecule has 0 heterocycles. The highest BCUT2D eigenvalue weighted by molar-refractivity contribution is 5.72. The maximum atomic E-state index is 13.5. The van der Waals surface area contributed by atoms with Crippen molar-refractivity contribution in [1.29, 1.82) is 0 Å². The molecule has 1 aromatic rings. The fourth-order valence-electron chi connectivity index (χ4n) is 3.05. The number of benzene rings is 1. The molecule has 0 spiro atoms. The molecule has 1 aliphatic carbocycles. The summed E-state index contributed by atoms with van der Waals surface area (Å²) >= 11 is 0. The Bertz CT molecular complexity index is 577. The van der Waals surface area contributed by atoms with Gasteiger partial charge in [-0.3, -0.25) is 4.79 Å². The SMILES string of the molecule is CCCCCCC(C)C(=O)OC1CC(COc2c(F)cc(F)cc2F)C1. The van der Waals surface area contributed by atoms with Crippen molar-refractivity contribution in [1.82, 2.24) is 0 Å². The van der Waals surface area contributed by atoms with Crippen LogP contribution < -0.4 is 4.74 Å². The lowest BCUT2D eigenvalue weighted by molar-refractivity contribution is -0.161. The molecule has 1 aromatic carbocycles. The van der Waals surface area contributed by atoms with Gasteiger partial charge in [-0.2, -0.15) is 0 Å². The van der Waals surface area contributed by atoms with Crippen LogP contribution in [0.2, 0.25) is 0 Å². The molecule has 0 saturated heterocycles. The van der Waals surface area contributed by atoms with E-state index in [1.54, 1.807) is 0 Å². The van der Waals surface area contributed by atoms with E-state index in [0.717, 1.165) is 25.7 Å². The fraction of sp³-hybridized carbons (Fsp3) is 0.650. The second kappa shape index (κ2) is 9.83. The molecular weight excluding hydrogens is 345 g/mol. The van der Waals surface area contributed by atoms with Crippen LogP contribution in [0.15, 0.2) is 12.1 Å². The monoisotopic (exact) mass is 372 g/mol. The fourth-order valence-corrected chi connectivity index (χ4v) is 3.05. The third-order valence-electron chi connectivity index (χ3n) is 4.79. The Balaban J connectivity index is 1.65. The van der Waals surface area contributed by atoms with Crippen LogP contribution in [0.3, 0.4) is 0 Å². The highest BCUT2D eigenvalue weighted by Gasteiger charge is 2.34. The number of hydrogen-bond acceptors (Lipinski definition) is 3. The molecule has 26 heavy (non-hydrogen) atoms. The highest BCUT2D eigenvalue weighted by Crippen LogP contribution is 2.32. The Morgan fingerprint density at radius 1 is 1.15 bits per heavy atom. The first-order valence-electron chi connectivity index (χ1n) is 9.38. The first-order chi connectivity index (χ1) is 12.4. The van der Waals surface area contributed by atoms with Gasteiger partial charge in [0.25, 0.3) is 0 Å². The van der Waals surface area contributed by atoms with Crippen LogP contribution in [0.25, 0.3) is 0 Å². The molecule has 1 aliphatic rings. The topological polar surface area (TPSA) is 35.5 Å². The number of halogens is 3. The Morgan fingerprint density at radius 2 is 1.81 bits per heavy atom. The Hall–Kier alpha value is -1.72. The summed E-state index contributed by atoms with van der Waals surface area (Å²) in [6.45, 7) is 4.14. The van der Waals surface area contributed by atoms with E-state index in [4.69, 9.17) is 9.47 Å². The maximum Gasteiger partial charge on any atom is 0.308 e. The van der Waals surface area contributed by atoms with Gasteiger partial charge in [0.1, 0.15) is 11.9 Å². The molecule has 0 amide bonds. The lowest BCUT2D eigenvalue weighted by Gasteiger charge is -2.35. The minimum atomic E-state index is -1.05. The lowest BCUT2D eigenvalue weighted by atomic mass is 9.83. The number of esters is 1. The summed E-state index contributed by atoms with van der Waals surface area (Å²) in [4.78, 5) is 12.0. The van der Waals surface area contributed by atoms with Gasteiger partial charge in [0.2, 0.25) is 0 Å². The summed E-state index contributed by atoms with van der Waals surface area (Å²) in [6.07, 6.45) is 6.40. The van der Waals surface area contributed by atoms with Crippen molar-refractivity contribution >= 4 is 5.97 Å². The number of carbonyl (C=O) groups is 1. The molecule has 0 aromatic heterocycles. The standard InChI is InChI=1S/C20H27F3O3/c1-3-4-5-6-7-13(2)20(24)26-16-8-14(9-16)12-25-19-17(22)10-15(21)11-18(19)23/h10-11,13-14,16H,3-9,12H2,1-2H3. The predicted molar refractivity (Wildman–Crippen MR) is 92.3 cm³/mol. The summed E-state index contributed by atoms with van der Waals surface area (Å²) in [5.74, 6) is -3.87. The van der Waals surface area contributed by atoms with Crippen molar-refractivity contribution in [2.75, 3.05) is 6.61 Å². The zero-order chi connectivity index (χ0) is 19.1. The van der Waals surface area contributed by atoms with E-state index >= 15 is 0 Å². The number of ether oxygens (including phenoxy) is 2. The van der Waals surface area contributed by atoms with E-state index in [1.165, 1.54) is 6.42 Å². The molecule has 146 valence electrons. The number of unbranched alkanes of at least 4 members (excludes halogenated alkanes) is 3. The van der Waals surface area contributed by atoms with Crippen LogP contribution in [0, 0.1) is 29.3 Å². The van der Waals surface area contributed by atoms with Crippen LogP contribution in [-0.4, -0.2) is 18.7 Å². The average molecular weight is 372 g/mol. The Morgan fingerprint density at radius 3 is 2.42 bits per heavy atom. The van der Waals surface area contributed by atoms with Gasteiger partial charge >= 0.3 is 5.97 Å². The molecule has 0 bridgehead atoms. The van der Waals surface area contributed by atoms with Crippen LogP contribution in [-0.2, 0) is 9.53 Å². The molecule has 1 atom stereocenters. The molecular formula is C20H27F3O3. The van der Waals surface area contributed by atoms with E-state index < -0.39 is 23.2 Å². The molecule has 1 saturated carbocycles. The van der Waals surface area contributed by atoms with Gasteiger partial charge in [0.05, 0.1) is 12.5 Å². The Labute approximate surface area is 152 Å². The van der Waals surface area contributed by atoms with E-state index in [9.17, 15) is 18.0 Å². The van der Waals surface area contributed by atoms with Gasteiger partial charge < -0.3 is 9.47 Å². The lowest BCUT2D eigenvalue weighted by Crippen LogP contribution is -2.37. The van der Waals surface area contributed by atoms with Crippen molar-refractivity contribution in [3.8, 4) is 5.75 Å². The zero-order valence-electron chi connectivity index (χ0n) is 15.4. The highest BCUT2D eigenvalue weighted by atomic mass is 19.1. The molecule has 2 rings (SSSR count). The molecule has 6 heteroatoms. The number of carbonyl (C=O) groups excluding carboxylic acids is 1. The van der Waals surface area contributed by atoms with Crippen LogP contribution in [0.5, 0.6) is 5.75 Å². The van der Waals surface area contributed by atoms with Gasteiger partial charge in [-0.1, -0.05) is 39.5 Å². The molecule has 1 fully saturated rings. The maximum absolute atomic E-state index is 13.5. The van der Waals surface area contributed by atoms with Crippen molar-refractivity contribution in [2.45, 2.75) is 64.9 Å². The molecule has 1 unspecified atom stereocenters. The minimum absolute atomic E-state index is 0.0662. The Kier molecular flexibility index (Phi) is 7.79. The minimum Gasteiger partial charge on any atom is -0.487 e. The summed E-state index contributed by atoms with van der Waals surface area (Å²) in [7, 11) is 0. The quantitative estimate of drug-likeness (QED) is 0.407. The first-order valence-corrected chi connectivity index (χ1v) is 9.38. The first kappa shape index (κ1) is 20.6. The molecule has 0 radical (unpaired) electrons. The third kappa shape index (κ3) is 5.92. The van der Waals surface area contributed by atoms with Gasteiger partial charge in [-0.15, -0.1) is 0 Å². The van der Waals surface area contributed by atoms with E-state index in [1.807, 2.05) is 6.92 Å². The summed E-state index contributed by atoms with van der Waals surface area (Å²) in [5.41, 5.74) is 0. The molecule has 0 aliphatic heterocycles. The van der Waals surface area contributed by atoms with Crippen molar-refractivity contribution < 1.29 is 27.4 Å². The summed E-state index contributed by atoms with van der Waals surface area (Å²) in [6, 6.07) is 1.18. The van der Waals surface area contributed by atoms with Crippen LogP contribution >= 0.6 is 0 Å². The van der Waals surface area contributed by atoms with Gasteiger partial charge in [-0.05, 0) is 25.2 Å². The molecule has 0 N–H and O–H groups in total. The van der Waals surface area contributed by atoms with Gasteiger partial charge in [-0.25, -0.2) is 13.2 Å². The number of rotatable bonds is 10. The largest absolute Gasteiger partial charge is 0.487 e. The summed E-state index contributed by atoms with van der Waals surface area (Å²) < 4.78 is 50.5. The second-order valence-corrected chi connectivity index (χ2v) is 7.16. The van der Waals surface area contributed by atoms with Crippen LogP contribution in [0.4, 0.5) is 13.2 Å². The molecule has 3 nitrogen and oxygen atoms in total. The second-order valence-electron chi connectivity index (χ2n) is 7.16. The van der Waals surface area contributed by atoms with Gasteiger partial charge in [0.15, 0.2) is 17.4 Å². The van der Waals surface area contributed by atoms with Crippen molar-refractivity contribution in [3.05, 3.63) is 29.6 Å². The smallest absolute Gasteiger partial charge is 0.308 e. The van der Waals surface area contributed by atoms with E-state index in [-0.39, 0.29) is 30.5 Å². The predicted octanol–water partition coefficient (Wildman–Crippen LogP) is 5.41. The van der Waals surface area contributed by atoms with E-state index in [0.29, 0.717) is 25.0 Å². The van der Waals surface area contributed by atoms with Crippen molar-refractivity contribution in [2.24, 2.45) is 11.8 Å².